The average Bonchev–Trinajstić information content (AvgIpc) is 3.74. The molecule has 6 aromatic carbocycles. The highest BCUT2D eigenvalue weighted by atomic mass is 14.1. The minimum atomic E-state index is 1.04. The number of hydrogen-bond donors (Lipinski definition) is 0. The molecule has 0 aromatic heterocycles. The first-order chi connectivity index (χ1) is 29.9. The van der Waals surface area contributed by atoms with Crippen LogP contribution in [0.1, 0.15) is 150 Å². The lowest BCUT2D eigenvalue weighted by atomic mass is 9.91. The maximum absolute atomic E-state index is 2.36. The summed E-state index contributed by atoms with van der Waals surface area (Å²) >= 11 is 0. The molecule has 2 fully saturated rings. The van der Waals surface area contributed by atoms with E-state index < -0.39 is 0 Å². The van der Waals surface area contributed by atoms with Gasteiger partial charge >= 0.3 is 0 Å². The highest BCUT2D eigenvalue weighted by Gasteiger charge is 2.07. The van der Waals surface area contributed by atoms with Gasteiger partial charge in [0, 0.05) is 0 Å². The molecular formula is C63H90. The van der Waals surface area contributed by atoms with Crippen LogP contribution in [0.2, 0.25) is 0 Å². The molecule has 0 heteroatoms. The Morgan fingerprint density at radius 2 is 0.556 bits per heavy atom. The van der Waals surface area contributed by atoms with Crippen molar-refractivity contribution in [2.45, 2.75) is 169 Å². The first-order valence-electron chi connectivity index (χ1n) is 24.1. The van der Waals surface area contributed by atoms with Crippen LogP contribution in [0.15, 0.2) is 133 Å². The molecule has 2 aliphatic rings. The van der Waals surface area contributed by atoms with Gasteiger partial charge in [-0.15, -0.1) is 0 Å². The molecule has 342 valence electrons. The Balaban J connectivity index is 0.000000361. The molecule has 2 saturated carbocycles. The number of benzene rings is 6. The fourth-order valence-corrected chi connectivity index (χ4v) is 7.23. The normalized spacial score (nSPS) is 12.7. The summed E-state index contributed by atoms with van der Waals surface area (Å²) in [5.74, 6) is 2.08. The highest BCUT2D eigenvalue weighted by molar-refractivity contribution is 5.36. The summed E-state index contributed by atoms with van der Waals surface area (Å²) < 4.78 is 0. The van der Waals surface area contributed by atoms with E-state index >= 15 is 0 Å². The monoisotopic (exact) mass is 847 g/mol. The van der Waals surface area contributed by atoms with Crippen molar-refractivity contribution in [3.05, 3.63) is 211 Å². The van der Waals surface area contributed by atoms with Gasteiger partial charge in [-0.2, -0.15) is 0 Å². The van der Waals surface area contributed by atoms with E-state index in [4.69, 9.17) is 0 Å². The van der Waals surface area contributed by atoms with E-state index in [1.54, 1.807) is 0 Å². The van der Waals surface area contributed by atoms with Crippen LogP contribution in [0.25, 0.3) is 0 Å². The summed E-state index contributed by atoms with van der Waals surface area (Å²) in [6.45, 7) is 34.5. The summed E-state index contributed by atoms with van der Waals surface area (Å²) in [6, 6.07) is 46.4. The lowest BCUT2D eigenvalue weighted by Crippen LogP contribution is -1.99. The second-order valence-corrected chi connectivity index (χ2v) is 18.7. The Labute approximate surface area is 390 Å². The first kappa shape index (κ1) is 56.3. The predicted molar refractivity (Wildman–Crippen MR) is 285 cm³/mol. The number of hydrogen-bond acceptors (Lipinski definition) is 0. The number of rotatable bonds is 0. The lowest BCUT2D eigenvalue weighted by molar-refractivity contribution is 0.385. The van der Waals surface area contributed by atoms with E-state index in [1.807, 2.05) is 18.2 Å². The van der Waals surface area contributed by atoms with Crippen LogP contribution < -0.4 is 0 Å². The summed E-state index contributed by atoms with van der Waals surface area (Å²) in [5, 5.41) is 0. The van der Waals surface area contributed by atoms with Crippen molar-refractivity contribution in [1.82, 2.24) is 0 Å². The van der Waals surface area contributed by atoms with E-state index in [2.05, 4.69) is 226 Å². The van der Waals surface area contributed by atoms with Crippen LogP contribution in [0.3, 0.4) is 0 Å². The third kappa shape index (κ3) is 27.9. The first-order valence-corrected chi connectivity index (χ1v) is 24.1. The van der Waals surface area contributed by atoms with Crippen LogP contribution in [-0.2, 0) is 0 Å². The van der Waals surface area contributed by atoms with Crippen LogP contribution in [0.5, 0.6) is 0 Å². The summed E-state index contributed by atoms with van der Waals surface area (Å²) in [6.07, 6.45) is 13.4. The Kier molecular flexibility index (Phi) is 29.4. The third-order valence-corrected chi connectivity index (χ3v) is 12.2. The van der Waals surface area contributed by atoms with E-state index in [-0.39, 0.29) is 0 Å². The molecule has 0 heterocycles. The molecule has 0 aliphatic heterocycles. The molecule has 0 bridgehead atoms. The molecular weight excluding hydrogens is 757 g/mol. The largest absolute Gasteiger partial charge is 0.0625 e. The topological polar surface area (TPSA) is 0 Å². The highest BCUT2D eigenvalue weighted by Crippen LogP contribution is 2.23. The summed E-state index contributed by atoms with van der Waals surface area (Å²) in [7, 11) is 0. The average molecular weight is 847 g/mol. The van der Waals surface area contributed by atoms with Crippen molar-refractivity contribution >= 4 is 0 Å². The Bertz CT molecular complexity index is 1950. The van der Waals surface area contributed by atoms with Gasteiger partial charge in [0.15, 0.2) is 0 Å². The summed E-state index contributed by atoms with van der Waals surface area (Å²) in [4.78, 5) is 0. The maximum atomic E-state index is 2.36. The molecule has 0 spiro atoms. The minimum absolute atomic E-state index is 1.04. The Hall–Kier alpha value is -4.68. The van der Waals surface area contributed by atoms with Crippen molar-refractivity contribution in [3.8, 4) is 0 Å². The smallest absolute Gasteiger partial charge is 0.0392 e. The van der Waals surface area contributed by atoms with Crippen molar-refractivity contribution in [2.75, 3.05) is 0 Å². The van der Waals surface area contributed by atoms with Crippen LogP contribution in [0, 0.1) is 109 Å². The van der Waals surface area contributed by atoms with Crippen molar-refractivity contribution in [1.29, 1.82) is 0 Å². The fraction of sp³-hybridized carbons (Fsp3) is 0.429. The van der Waals surface area contributed by atoms with E-state index in [0.717, 1.165) is 11.8 Å². The molecule has 0 nitrogen and oxygen atoms in total. The fourth-order valence-electron chi connectivity index (χ4n) is 7.23. The van der Waals surface area contributed by atoms with E-state index in [1.165, 1.54) is 136 Å². The van der Waals surface area contributed by atoms with Gasteiger partial charge in [0.2, 0.25) is 0 Å². The summed E-state index contributed by atoms with van der Waals surface area (Å²) in [5.41, 5.74) is 19.2. The van der Waals surface area contributed by atoms with Gasteiger partial charge in [-0.1, -0.05) is 238 Å². The zero-order valence-corrected chi connectivity index (χ0v) is 43.2. The quantitative estimate of drug-likeness (QED) is 0.143. The second kappa shape index (κ2) is 32.9. The van der Waals surface area contributed by atoms with Crippen molar-refractivity contribution in [3.63, 3.8) is 0 Å². The maximum Gasteiger partial charge on any atom is -0.0392 e. The van der Waals surface area contributed by atoms with Crippen LogP contribution in [0.4, 0.5) is 0 Å². The molecule has 6 aromatic rings. The Morgan fingerprint density at radius 1 is 0.254 bits per heavy atom. The molecule has 0 N–H and O–H groups in total. The predicted octanol–water partition coefficient (Wildman–Crippen LogP) is 19.2. The van der Waals surface area contributed by atoms with Crippen molar-refractivity contribution in [2.24, 2.45) is 11.8 Å². The van der Waals surface area contributed by atoms with Gasteiger partial charge in [0.05, 0.1) is 0 Å². The van der Waals surface area contributed by atoms with E-state index in [0.29, 0.717) is 0 Å². The molecule has 0 radical (unpaired) electrons. The zero-order chi connectivity index (χ0) is 47.2. The Morgan fingerprint density at radius 3 is 0.825 bits per heavy atom. The van der Waals surface area contributed by atoms with Gasteiger partial charge in [-0.3, -0.25) is 0 Å². The van der Waals surface area contributed by atoms with Crippen molar-refractivity contribution < 1.29 is 0 Å². The number of aryl methyl sites for hydroxylation is 12. The van der Waals surface area contributed by atoms with Crippen LogP contribution in [-0.4, -0.2) is 0 Å². The van der Waals surface area contributed by atoms with Crippen LogP contribution >= 0.6 is 0 Å². The van der Waals surface area contributed by atoms with Gasteiger partial charge in [-0.25, -0.2) is 0 Å². The second-order valence-electron chi connectivity index (χ2n) is 18.7. The molecule has 0 amide bonds. The molecule has 2 aliphatic carbocycles. The minimum Gasteiger partial charge on any atom is -0.0625 e. The van der Waals surface area contributed by atoms with E-state index in [9.17, 15) is 0 Å². The standard InChI is InChI=1S/C10H14.C9H12.3C8H10.C7H14.C7H8.C6H12/c1-7-5-8(2)10(4)9(3)6-7;1-7-5-4-6-8(2)9(7)3;1-7-3-5-8(2)6-4-7;1-7-4-3-5-8(2)6-7;1-7-5-3-4-6-8(7)2;2*1-7-5-3-2-4-6-7;1-6-4-2-3-5-6/h5-6H,1-4H3;4-6H,1-3H3;3*3-6H,1-2H3;7H,2-6H2,1H3;2-6H,1H3;6H,2-5H2,1H3. The molecule has 0 saturated heterocycles. The van der Waals surface area contributed by atoms with Gasteiger partial charge in [0.1, 0.15) is 0 Å². The molecule has 0 atom stereocenters. The molecule has 0 unspecified atom stereocenters. The van der Waals surface area contributed by atoms with Gasteiger partial charge in [-0.05, 0) is 153 Å². The molecule has 8 rings (SSSR count). The lowest BCUT2D eigenvalue weighted by Gasteiger charge is -2.15. The molecule has 63 heavy (non-hydrogen) atoms. The van der Waals surface area contributed by atoms with Gasteiger partial charge < -0.3 is 0 Å². The zero-order valence-electron chi connectivity index (χ0n) is 43.2. The van der Waals surface area contributed by atoms with Gasteiger partial charge in [0.25, 0.3) is 0 Å². The SMILES string of the molecule is CC1CCCC1.CC1CCCCC1.Cc1cc(C)c(C)c(C)c1.Cc1ccc(C)cc1.Cc1cccc(C)c1.Cc1cccc(C)c1C.Cc1ccccc1.Cc1ccccc1C. The third-order valence-electron chi connectivity index (χ3n) is 12.2.